The highest BCUT2D eigenvalue weighted by Crippen LogP contribution is 2.32. The number of fused-ring (bicyclic) bond motifs is 1. The van der Waals surface area contributed by atoms with E-state index in [4.69, 9.17) is 0 Å². The third-order valence-corrected chi connectivity index (χ3v) is 9.75. The molecule has 6 aromatic rings. The summed E-state index contributed by atoms with van der Waals surface area (Å²) in [4.78, 5) is 40.7. The van der Waals surface area contributed by atoms with E-state index in [0.29, 0.717) is 21.7 Å². The van der Waals surface area contributed by atoms with Crippen LogP contribution in [0.15, 0.2) is 113 Å². The molecule has 0 atom stereocenters. The molecule has 0 saturated heterocycles. The van der Waals surface area contributed by atoms with Crippen LogP contribution >= 0.6 is 34.9 Å². The number of carbonyl (C=O) groups excluding carboxylic acids is 2. The quantitative estimate of drug-likeness (QED) is 0.0803. The van der Waals surface area contributed by atoms with Crippen LogP contribution < -0.4 is 10.6 Å². The molecule has 2 aromatic heterocycles. The van der Waals surface area contributed by atoms with E-state index in [2.05, 4.69) is 25.8 Å². The van der Waals surface area contributed by atoms with Gasteiger partial charge in [0.25, 0.3) is 5.69 Å². The van der Waals surface area contributed by atoms with Crippen molar-refractivity contribution in [2.45, 2.75) is 16.0 Å². The Bertz CT molecular complexity index is 2020. The molecule has 4 aromatic carbocycles. The molecular weight excluding hydrogens is 643 g/mol. The van der Waals surface area contributed by atoms with Gasteiger partial charge < -0.3 is 10.6 Å². The Balaban J connectivity index is 1.07. The highest BCUT2D eigenvalue weighted by atomic mass is 32.2. The van der Waals surface area contributed by atoms with E-state index >= 15 is 0 Å². The fourth-order valence-corrected chi connectivity index (χ4v) is 7.17. The normalized spacial score (nSPS) is 11.0. The molecule has 0 bridgehead atoms. The Kier molecular flexibility index (Phi) is 9.67. The van der Waals surface area contributed by atoms with Crippen LogP contribution in [0, 0.1) is 10.1 Å². The first-order valence-electron chi connectivity index (χ1n) is 13.9. The van der Waals surface area contributed by atoms with Crippen molar-refractivity contribution in [3.05, 3.63) is 119 Å². The molecule has 0 aliphatic heterocycles. The second kappa shape index (κ2) is 14.4. The van der Waals surface area contributed by atoms with E-state index in [1.165, 1.54) is 47.0 Å². The van der Waals surface area contributed by atoms with Crippen molar-refractivity contribution in [3.63, 3.8) is 0 Å². The Labute approximate surface area is 275 Å². The summed E-state index contributed by atoms with van der Waals surface area (Å²) in [5.74, 6) is 0.340. The number of nitrogens with zero attached hydrogens (tertiary/aromatic N) is 5. The van der Waals surface area contributed by atoms with E-state index in [9.17, 15) is 19.7 Å². The van der Waals surface area contributed by atoms with Crippen molar-refractivity contribution in [2.24, 2.45) is 0 Å². The lowest BCUT2D eigenvalue weighted by atomic mass is 10.2. The number of nitro benzene ring substituents is 1. The number of hydrogen-bond acceptors (Lipinski definition) is 10. The lowest BCUT2D eigenvalue weighted by Gasteiger charge is -2.11. The molecule has 14 heteroatoms. The number of para-hydroxylation sites is 2. The van der Waals surface area contributed by atoms with Crippen LogP contribution in [0.4, 0.5) is 17.1 Å². The zero-order chi connectivity index (χ0) is 31.9. The standard InChI is InChI=1S/C32H25N7O4S3/c40-28(19-44-31-37-36-30(22-11-5-2-6-12-22)38(31)18-21-9-3-1-4-10-21)33-23-15-16-25-27(17-23)46-32(35-25)45-20-29(41)34-24-13-7-8-14-26(24)39(42)43/h1-17H,18-20H2,(H,33,40)(H,34,41). The highest BCUT2D eigenvalue weighted by molar-refractivity contribution is 8.01. The predicted molar refractivity (Wildman–Crippen MR) is 182 cm³/mol. The molecule has 0 radical (unpaired) electrons. The van der Waals surface area contributed by atoms with E-state index in [1.54, 1.807) is 18.2 Å². The summed E-state index contributed by atoms with van der Waals surface area (Å²) in [5.41, 5.74) is 3.39. The molecule has 230 valence electrons. The third-order valence-electron chi connectivity index (χ3n) is 6.62. The minimum Gasteiger partial charge on any atom is -0.325 e. The van der Waals surface area contributed by atoms with Gasteiger partial charge in [-0.3, -0.25) is 24.3 Å². The maximum absolute atomic E-state index is 13.0. The summed E-state index contributed by atoms with van der Waals surface area (Å²) < 4.78 is 3.54. The van der Waals surface area contributed by atoms with E-state index in [1.807, 2.05) is 77.4 Å². The van der Waals surface area contributed by atoms with Crippen LogP contribution in [0.3, 0.4) is 0 Å². The summed E-state index contributed by atoms with van der Waals surface area (Å²) >= 11 is 3.95. The minimum absolute atomic E-state index is 0.0353. The van der Waals surface area contributed by atoms with Gasteiger partial charge in [-0.2, -0.15) is 0 Å². The number of aromatic nitrogens is 4. The first-order chi connectivity index (χ1) is 22.4. The number of benzene rings is 4. The van der Waals surface area contributed by atoms with Crippen molar-refractivity contribution in [1.29, 1.82) is 0 Å². The third kappa shape index (κ3) is 7.59. The van der Waals surface area contributed by atoms with Crippen molar-refractivity contribution in [1.82, 2.24) is 19.7 Å². The number of nitrogens with one attached hydrogen (secondary N) is 2. The molecule has 0 aliphatic carbocycles. The van der Waals surface area contributed by atoms with Gasteiger partial charge in [0.1, 0.15) is 5.69 Å². The molecule has 0 unspecified atom stereocenters. The number of carbonyl (C=O) groups is 2. The SMILES string of the molecule is O=C(CSc1nnc(-c2ccccc2)n1Cc1ccccc1)Nc1ccc2nc(SCC(=O)Nc3ccccc3[N+](=O)[O-])sc2c1. The Hall–Kier alpha value is -5.05. The second-order valence-electron chi connectivity index (χ2n) is 9.85. The molecule has 46 heavy (non-hydrogen) atoms. The maximum Gasteiger partial charge on any atom is 0.292 e. The van der Waals surface area contributed by atoms with Crippen LogP contribution in [0.25, 0.3) is 21.6 Å². The van der Waals surface area contributed by atoms with Crippen LogP contribution in [-0.4, -0.2) is 48.0 Å². The van der Waals surface area contributed by atoms with Gasteiger partial charge in [0.15, 0.2) is 15.3 Å². The molecule has 11 nitrogen and oxygen atoms in total. The smallest absolute Gasteiger partial charge is 0.292 e. The van der Waals surface area contributed by atoms with Crippen molar-refractivity contribution in [2.75, 3.05) is 22.1 Å². The summed E-state index contributed by atoms with van der Waals surface area (Å²) in [7, 11) is 0. The summed E-state index contributed by atoms with van der Waals surface area (Å²) in [6.45, 7) is 0.568. The highest BCUT2D eigenvalue weighted by Gasteiger charge is 2.18. The van der Waals surface area contributed by atoms with E-state index in [0.717, 1.165) is 27.2 Å². The van der Waals surface area contributed by atoms with Gasteiger partial charge in [-0.05, 0) is 29.8 Å². The Morgan fingerprint density at radius 3 is 2.30 bits per heavy atom. The molecule has 2 N–H and O–H groups in total. The van der Waals surface area contributed by atoms with Gasteiger partial charge in [0.2, 0.25) is 11.8 Å². The van der Waals surface area contributed by atoms with Crippen molar-refractivity contribution < 1.29 is 14.5 Å². The first-order valence-corrected chi connectivity index (χ1v) is 16.7. The van der Waals surface area contributed by atoms with Crippen LogP contribution in [-0.2, 0) is 16.1 Å². The second-order valence-corrected chi connectivity index (χ2v) is 13.0. The molecule has 0 spiro atoms. The molecule has 2 amide bonds. The number of thioether (sulfide) groups is 2. The first kappa shape index (κ1) is 31.0. The number of amides is 2. The largest absolute Gasteiger partial charge is 0.325 e. The van der Waals surface area contributed by atoms with Gasteiger partial charge in [-0.15, -0.1) is 21.5 Å². The predicted octanol–water partition coefficient (Wildman–Crippen LogP) is 6.97. The van der Waals surface area contributed by atoms with Crippen LogP contribution in [0.1, 0.15) is 5.56 Å². The van der Waals surface area contributed by atoms with Gasteiger partial charge in [-0.25, -0.2) is 4.98 Å². The molecule has 6 rings (SSSR count). The Morgan fingerprint density at radius 2 is 1.52 bits per heavy atom. The lowest BCUT2D eigenvalue weighted by Crippen LogP contribution is -2.15. The number of hydrogen-bond donors (Lipinski definition) is 2. The van der Waals surface area contributed by atoms with Gasteiger partial charge in [0.05, 0.1) is 33.2 Å². The average molecular weight is 668 g/mol. The monoisotopic (exact) mass is 667 g/mol. The molecular formula is C32H25N7O4S3. The molecule has 2 heterocycles. The number of thiazole rings is 1. The zero-order valence-corrected chi connectivity index (χ0v) is 26.5. The summed E-state index contributed by atoms with van der Waals surface area (Å²) in [6, 6.07) is 31.3. The molecule has 0 aliphatic rings. The average Bonchev–Trinajstić information content (AvgIpc) is 3.67. The van der Waals surface area contributed by atoms with Crippen LogP contribution in [0.5, 0.6) is 0 Å². The Morgan fingerprint density at radius 1 is 0.826 bits per heavy atom. The number of nitro groups is 1. The molecule has 0 saturated carbocycles. The minimum atomic E-state index is -0.537. The zero-order valence-electron chi connectivity index (χ0n) is 24.0. The van der Waals surface area contributed by atoms with Gasteiger partial charge >= 0.3 is 0 Å². The maximum atomic E-state index is 13.0. The topological polar surface area (TPSA) is 145 Å². The lowest BCUT2D eigenvalue weighted by molar-refractivity contribution is -0.383. The fourth-order valence-electron chi connectivity index (χ4n) is 4.53. The fraction of sp³-hybridized carbons (Fsp3) is 0.0938. The van der Waals surface area contributed by atoms with Crippen molar-refractivity contribution in [3.8, 4) is 11.4 Å². The van der Waals surface area contributed by atoms with Crippen LogP contribution in [0.2, 0.25) is 0 Å². The number of rotatable bonds is 12. The summed E-state index contributed by atoms with van der Waals surface area (Å²) in [6.07, 6.45) is 0. The van der Waals surface area contributed by atoms with Gasteiger partial charge in [0, 0.05) is 17.3 Å². The van der Waals surface area contributed by atoms with E-state index in [-0.39, 0.29) is 34.7 Å². The van der Waals surface area contributed by atoms with Crippen molar-refractivity contribution >= 4 is 74.0 Å². The van der Waals surface area contributed by atoms with Gasteiger partial charge in [-0.1, -0.05) is 96.3 Å². The van der Waals surface area contributed by atoms with E-state index < -0.39 is 4.92 Å². The molecule has 0 fully saturated rings. The summed E-state index contributed by atoms with van der Waals surface area (Å²) in [5, 5.41) is 26.2. The number of anilines is 2.